The third-order valence-electron chi connectivity index (χ3n) is 12.0. The second-order valence-corrected chi connectivity index (χ2v) is 16.6. The number of para-hydroxylation sites is 1. The van der Waals surface area contributed by atoms with Crippen molar-refractivity contribution in [1.29, 1.82) is 0 Å². The number of alkyl halides is 2. The van der Waals surface area contributed by atoms with Gasteiger partial charge in [0.1, 0.15) is 0 Å². The molecule has 1 aliphatic carbocycles. The Morgan fingerprint density at radius 3 is 2.55 bits per heavy atom. The van der Waals surface area contributed by atoms with Crippen LogP contribution >= 0.6 is 0 Å². The highest BCUT2D eigenvalue weighted by Gasteiger charge is 2.47. The average molecular weight is 767 g/mol. The van der Waals surface area contributed by atoms with E-state index in [1.165, 1.54) is 6.20 Å². The molecule has 2 atom stereocenters. The first-order chi connectivity index (χ1) is 26.6. The van der Waals surface area contributed by atoms with Gasteiger partial charge in [0, 0.05) is 60.6 Å². The van der Waals surface area contributed by atoms with E-state index in [0.29, 0.717) is 70.8 Å². The van der Waals surface area contributed by atoms with Crippen molar-refractivity contribution in [2.24, 2.45) is 13.0 Å². The van der Waals surface area contributed by atoms with Crippen LogP contribution in [0, 0.1) is 12.8 Å². The minimum Gasteiger partial charge on any atom is -0.386 e. The predicted molar refractivity (Wildman–Crippen MR) is 207 cm³/mol. The maximum atomic E-state index is 16.1. The lowest BCUT2D eigenvalue weighted by molar-refractivity contribution is -0.134. The number of nitrogens with zero attached hydrogens (tertiary/aromatic N) is 6. The third-order valence-corrected chi connectivity index (χ3v) is 12.0. The Labute approximate surface area is 323 Å². The lowest BCUT2D eigenvalue weighted by Crippen LogP contribution is -2.49. The number of pyridine rings is 1. The van der Waals surface area contributed by atoms with Crippen molar-refractivity contribution in [1.82, 2.24) is 34.8 Å². The summed E-state index contributed by atoms with van der Waals surface area (Å²) in [6, 6.07) is 11.0. The maximum Gasteiger partial charge on any atom is 0.267 e. The summed E-state index contributed by atoms with van der Waals surface area (Å²) in [6.45, 7) is 6.08. The number of carbonyl (C=O) groups excluding carboxylic acids is 3. The zero-order valence-electron chi connectivity index (χ0n) is 32.2. The van der Waals surface area contributed by atoms with Gasteiger partial charge < -0.3 is 10.4 Å². The van der Waals surface area contributed by atoms with Crippen molar-refractivity contribution in [3.63, 3.8) is 0 Å². The largest absolute Gasteiger partial charge is 0.386 e. The van der Waals surface area contributed by atoms with E-state index in [1.54, 1.807) is 50.0 Å². The molecule has 5 aromatic rings. The van der Waals surface area contributed by atoms with Crippen LogP contribution in [0.4, 0.5) is 14.5 Å². The van der Waals surface area contributed by atoms with Gasteiger partial charge in [0.05, 0.1) is 52.3 Å². The third kappa shape index (κ3) is 7.32. The van der Waals surface area contributed by atoms with Crippen LogP contribution in [0.3, 0.4) is 0 Å². The molecular weight excluding hydrogens is 719 g/mol. The number of likely N-dealkylation sites (tertiary alicyclic amines) is 1. The molecule has 56 heavy (non-hydrogen) atoms. The summed E-state index contributed by atoms with van der Waals surface area (Å²) in [5.41, 5.74) is 3.54. The Morgan fingerprint density at radius 1 is 1.05 bits per heavy atom. The van der Waals surface area contributed by atoms with Crippen molar-refractivity contribution < 1.29 is 28.3 Å². The molecule has 3 fully saturated rings. The summed E-state index contributed by atoms with van der Waals surface area (Å²) in [6.07, 6.45) is 9.57. The monoisotopic (exact) mass is 766 g/mol. The lowest BCUT2D eigenvalue weighted by Gasteiger charge is -2.41. The number of hydrogen-bond acceptors (Lipinski definition) is 8. The summed E-state index contributed by atoms with van der Waals surface area (Å²) in [4.78, 5) is 43.6. The van der Waals surface area contributed by atoms with Crippen LogP contribution in [0.15, 0.2) is 55.0 Å². The number of anilines is 1. The van der Waals surface area contributed by atoms with Gasteiger partial charge in [0.2, 0.25) is 11.8 Å². The molecule has 12 nitrogen and oxygen atoms in total. The number of piperidine rings is 2. The van der Waals surface area contributed by atoms with Crippen molar-refractivity contribution in [2.45, 2.75) is 95.1 Å². The molecule has 3 aromatic heterocycles. The normalized spacial score (nSPS) is 23.4. The molecule has 294 valence electrons. The van der Waals surface area contributed by atoms with Gasteiger partial charge in [-0.15, -0.1) is 0 Å². The number of benzene rings is 2. The summed E-state index contributed by atoms with van der Waals surface area (Å²) in [5, 5.41) is 27.4. The number of amides is 3. The molecule has 1 unspecified atom stereocenters. The second-order valence-electron chi connectivity index (χ2n) is 16.6. The fraction of sp³-hybridized carbons (Fsp3) is 0.476. The van der Waals surface area contributed by atoms with Gasteiger partial charge in [0.15, 0.2) is 0 Å². The molecule has 0 bridgehead atoms. The second kappa shape index (κ2) is 14.5. The smallest absolute Gasteiger partial charge is 0.267 e. The minimum atomic E-state index is -2.96. The predicted octanol–water partition coefficient (Wildman–Crippen LogP) is 6.48. The first-order valence-electron chi connectivity index (χ1n) is 19.5. The topological polar surface area (TPSA) is 147 Å². The molecule has 3 aliphatic rings. The first-order valence-corrected chi connectivity index (χ1v) is 19.5. The van der Waals surface area contributed by atoms with Crippen LogP contribution in [-0.4, -0.2) is 77.8 Å². The molecule has 2 aliphatic heterocycles. The van der Waals surface area contributed by atoms with Gasteiger partial charge in [-0.1, -0.05) is 18.2 Å². The zero-order valence-corrected chi connectivity index (χ0v) is 32.2. The Kier molecular flexibility index (Phi) is 9.76. The maximum absolute atomic E-state index is 16.1. The highest BCUT2D eigenvalue weighted by molar-refractivity contribution is 6.06. The molecule has 3 N–H and O–H groups in total. The number of imide groups is 1. The van der Waals surface area contributed by atoms with Crippen LogP contribution < -0.4 is 10.6 Å². The van der Waals surface area contributed by atoms with E-state index >= 15 is 8.78 Å². The number of rotatable bonds is 8. The molecule has 5 heterocycles. The van der Waals surface area contributed by atoms with E-state index in [-0.39, 0.29) is 30.8 Å². The quantitative estimate of drug-likeness (QED) is 0.152. The Hall–Kier alpha value is -5.08. The van der Waals surface area contributed by atoms with Gasteiger partial charge in [0.25, 0.3) is 11.8 Å². The van der Waals surface area contributed by atoms with E-state index < -0.39 is 29.3 Å². The average Bonchev–Trinajstić information content (AvgIpc) is 3.71. The Morgan fingerprint density at radius 2 is 1.84 bits per heavy atom. The van der Waals surface area contributed by atoms with E-state index in [0.717, 1.165) is 42.1 Å². The number of fused-ring (bicyclic) bond motifs is 2. The van der Waals surface area contributed by atoms with E-state index in [9.17, 15) is 19.5 Å². The summed E-state index contributed by atoms with van der Waals surface area (Å²) >= 11 is 0. The molecule has 8 rings (SSSR count). The van der Waals surface area contributed by atoms with Gasteiger partial charge in [-0.3, -0.25) is 38.9 Å². The fourth-order valence-electron chi connectivity index (χ4n) is 9.15. The van der Waals surface area contributed by atoms with Crippen LogP contribution in [0.1, 0.15) is 109 Å². The van der Waals surface area contributed by atoms with Gasteiger partial charge in [-0.25, -0.2) is 8.78 Å². The van der Waals surface area contributed by atoms with Crippen molar-refractivity contribution in [2.75, 3.05) is 25.0 Å². The molecule has 2 aromatic carbocycles. The molecule has 1 saturated carbocycles. The molecule has 0 spiro atoms. The SMILES string of the molecule is Cc1cncc(C(=O)Nc2cc3cn(C4CCC(CN5CC[C@@H](c6cccc7c(C8CCC(=O)NC8=O)nn(C)c67)C(F)(F)C5)CC4)nc3cc2C(C)(C)O)c1. The van der Waals surface area contributed by atoms with Crippen LogP contribution in [0.25, 0.3) is 21.8 Å². The zero-order chi connectivity index (χ0) is 39.5. The van der Waals surface area contributed by atoms with E-state index in [4.69, 9.17) is 5.10 Å². The molecular formula is C42H48F2N8O4. The van der Waals surface area contributed by atoms with Crippen LogP contribution in [0.5, 0.6) is 0 Å². The number of aromatic nitrogens is 5. The first kappa shape index (κ1) is 37.8. The summed E-state index contributed by atoms with van der Waals surface area (Å²) in [7, 11) is 1.73. The molecule has 0 radical (unpaired) electrons. The lowest BCUT2D eigenvalue weighted by atomic mass is 9.82. The van der Waals surface area contributed by atoms with Crippen molar-refractivity contribution in [3.8, 4) is 0 Å². The molecule has 2 saturated heterocycles. The number of halogens is 2. The number of carbonyl (C=O) groups is 3. The van der Waals surface area contributed by atoms with Crippen molar-refractivity contribution >= 4 is 45.2 Å². The Balaban J connectivity index is 0.918. The number of hydrogen-bond donors (Lipinski definition) is 3. The van der Waals surface area contributed by atoms with Gasteiger partial charge in [-0.05, 0) is 101 Å². The highest BCUT2D eigenvalue weighted by atomic mass is 19.3. The Bertz CT molecular complexity index is 2340. The molecule has 14 heteroatoms. The van der Waals surface area contributed by atoms with Gasteiger partial charge >= 0.3 is 0 Å². The standard InChI is InChI=1S/C42H48F2N8O4/c1-24-16-26(20-45-19-24)39(54)46-35-17-27-22-52(48-34(27)18-33(35)41(2,3)56)28-10-8-25(9-11-28)21-51-15-14-32(42(43,44)23-51)29-6-5-7-30-37(49-50(4)38(29)30)31-12-13-36(53)47-40(31)55/h5-7,16-20,22,25,28,31-32,56H,8-15,21,23H2,1-4H3,(H,46,54)(H,47,53,55)/t25?,28?,31?,32-/m0/s1. The molecule has 3 amide bonds. The van der Waals surface area contributed by atoms with Crippen LogP contribution in [-0.2, 0) is 22.2 Å². The van der Waals surface area contributed by atoms with Gasteiger partial charge in [-0.2, -0.15) is 10.2 Å². The fourth-order valence-corrected chi connectivity index (χ4v) is 9.15. The highest BCUT2D eigenvalue weighted by Crippen LogP contribution is 2.45. The minimum absolute atomic E-state index is 0.150. The number of aryl methyl sites for hydroxylation is 2. The summed E-state index contributed by atoms with van der Waals surface area (Å²) in [5.74, 6) is -5.28. The summed E-state index contributed by atoms with van der Waals surface area (Å²) < 4.78 is 35.9. The van der Waals surface area contributed by atoms with Crippen LogP contribution in [0.2, 0.25) is 0 Å². The number of nitrogens with one attached hydrogen (secondary N) is 2. The van der Waals surface area contributed by atoms with E-state index in [2.05, 4.69) is 20.7 Å². The van der Waals surface area contributed by atoms with E-state index in [1.807, 2.05) is 40.9 Å². The van der Waals surface area contributed by atoms with Crippen molar-refractivity contribution in [3.05, 3.63) is 82.9 Å². The number of aliphatic hydroxyl groups is 1.